The van der Waals surface area contributed by atoms with Crippen molar-refractivity contribution in [2.75, 3.05) is 39.0 Å². The van der Waals surface area contributed by atoms with Crippen LogP contribution < -0.4 is 4.72 Å². The summed E-state index contributed by atoms with van der Waals surface area (Å²) in [5, 5.41) is 0. The summed E-state index contributed by atoms with van der Waals surface area (Å²) in [4.78, 5) is 2.32. The van der Waals surface area contributed by atoms with Crippen LogP contribution in [-0.2, 0) is 14.8 Å². The Bertz CT molecular complexity index is 386. The molecule has 0 radical (unpaired) electrons. The number of ether oxygens (including phenoxy) is 1. The van der Waals surface area contributed by atoms with Crippen molar-refractivity contribution in [3.05, 3.63) is 0 Å². The van der Waals surface area contributed by atoms with E-state index in [4.69, 9.17) is 4.74 Å². The maximum absolute atomic E-state index is 11.9. The first-order chi connectivity index (χ1) is 10.1. The lowest BCUT2D eigenvalue weighted by atomic mass is 10.1. The van der Waals surface area contributed by atoms with E-state index in [1.165, 1.54) is 12.8 Å². The molecule has 1 N–H and O–H groups in total. The number of sulfonamides is 1. The Hall–Kier alpha value is -0.170. The standard InChI is InChI=1S/C15H30N2O3S/c1-17-10-7-15(8-11-17)20-12-4-9-16-21(18,19)13-14-5-2-3-6-14/h14-16H,2-13H2,1H3. The van der Waals surface area contributed by atoms with Gasteiger partial charge in [0.1, 0.15) is 0 Å². The van der Waals surface area contributed by atoms with Crippen LogP contribution in [0.15, 0.2) is 0 Å². The monoisotopic (exact) mass is 318 g/mol. The van der Waals surface area contributed by atoms with Crippen molar-refractivity contribution in [3.8, 4) is 0 Å². The van der Waals surface area contributed by atoms with Gasteiger partial charge in [-0.3, -0.25) is 0 Å². The molecule has 0 aromatic heterocycles. The zero-order valence-corrected chi connectivity index (χ0v) is 14.0. The second kappa shape index (κ2) is 8.46. The molecule has 0 amide bonds. The van der Waals surface area contributed by atoms with Crippen molar-refractivity contribution in [3.63, 3.8) is 0 Å². The normalized spacial score (nSPS) is 22.9. The molecule has 0 aromatic carbocycles. The summed E-state index contributed by atoms with van der Waals surface area (Å²) in [6, 6.07) is 0. The third-order valence-corrected chi connectivity index (χ3v) is 6.15. The van der Waals surface area contributed by atoms with E-state index >= 15 is 0 Å². The predicted octanol–water partition coefficient (Wildman–Crippen LogP) is 1.60. The van der Waals surface area contributed by atoms with Crippen LogP contribution in [0.3, 0.4) is 0 Å². The van der Waals surface area contributed by atoms with Crippen LogP contribution >= 0.6 is 0 Å². The second-order valence-corrected chi connectivity index (χ2v) is 8.40. The van der Waals surface area contributed by atoms with Crippen LogP contribution in [0.25, 0.3) is 0 Å². The van der Waals surface area contributed by atoms with Crippen molar-refractivity contribution < 1.29 is 13.2 Å². The summed E-state index contributed by atoms with van der Waals surface area (Å²) in [6.07, 6.45) is 7.80. The van der Waals surface area contributed by atoms with Gasteiger partial charge in [-0.15, -0.1) is 0 Å². The second-order valence-electron chi connectivity index (χ2n) is 6.55. The lowest BCUT2D eigenvalue weighted by molar-refractivity contribution is 0.0120. The molecule has 0 aromatic rings. The highest BCUT2D eigenvalue weighted by atomic mass is 32.2. The molecule has 1 heterocycles. The topological polar surface area (TPSA) is 58.6 Å². The molecule has 0 bridgehead atoms. The van der Waals surface area contributed by atoms with Gasteiger partial charge in [-0.25, -0.2) is 13.1 Å². The molecule has 21 heavy (non-hydrogen) atoms. The van der Waals surface area contributed by atoms with E-state index in [9.17, 15) is 8.42 Å². The maximum Gasteiger partial charge on any atom is 0.211 e. The highest BCUT2D eigenvalue weighted by Crippen LogP contribution is 2.25. The molecule has 1 saturated heterocycles. The lowest BCUT2D eigenvalue weighted by Gasteiger charge is -2.28. The summed E-state index contributed by atoms with van der Waals surface area (Å²) in [5.41, 5.74) is 0. The summed E-state index contributed by atoms with van der Waals surface area (Å²) in [5.74, 6) is 0.681. The third-order valence-electron chi connectivity index (χ3n) is 4.59. The Morgan fingerprint density at radius 1 is 1.14 bits per heavy atom. The van der Waals surface area contributed by atoms with Gasteiger partial charge in [0.2, 0.25) is 10.0 Å². The van der Waals surface area contributed by atoms with Crippen LogP contribution in [0, 0.1) is 5.92 Å². The van der Waals surface area contributed by atoms with Crippen molar-refractivity contribution in [1.29, 1.82) is 0 Å². The smallest absolute Gasteiger partial charge is 0.211 e. The van der Waals surface area contributed by atoms with Crippen LogP contribution in [0.4, 0.5) is 0 Å². The van der Waals surface area contributed by atoms with Crippen molar-refractivity contribution in [1.82, 2.24) is 9.62 Å². The van der Waals surface area contributed by atoms with Crippen molar-refractivity contribution in [2.24, 2.45) is 5.92 Å². The molecule has 1 aliphatic carbocycles. The first-order valence-electron chi connectivity index (χ1n) is 8.32. The SMILES string of the molecule is CN1CCC(OCCCNS(=O)(=O)CC2CCCC2)CC1. The van der Waals surface area contributed by atoms with Gasteiger partial charge in [0.25, 0.3) is 0 Å². The van der Waals surface area contributed by atoms with Gasteiger partial charge in [-0.05, 0) is 45.1 Å². The third kappa shape index (κ3) is 6.63. The maximum atomic E-state index is 11.9. The molecule has 2 rings (SSSR count). The molecule has 0 unspecified atom stereocenters. The number of rotatable bonds is 8. The fourth-order valence-electron chi connectivity index (χ4n) is 3.25. The Morgan fingerprint density at radius 2 is 1.81 bits per heavy atom. The average Bonchev–Trinajstić information content (AvgIpc) is 2.92. The molecule has 5 nitrogen and oxygen atoms in total. The molecular formula is C15H30N2O3S. The fraction of sp³-hybridized carbons (Fsp3) is 1.00. The molecule has 2 aliphatic rings. The van der Waals surface area contributed by atoms with E-state index < -0.39 is 10.0 Å². The number of hydrogen-bond donors (Lipinski definition) is 1. The summed E-state index contributed by atoms with van der Waals surface area (Å²) in [7, 11) is -0.956. The number of likely N-dealkylation sites (tertiary alicyclic amines) is 1. The first kappa shape index (κ1) is 17.2. The van der Waals surface area contributed by atoms with Crippen LogP contribution in [-0.4, -0.2) is 58.5 Å². The summed E-state index contributed by atoms with van der Waals surface area (Å²) >= 11 is 0. The summed E-state index contributed by atoms with van der Waals surface area (Å²) in [6.45, 7) is 3.35. The van der Waals surface area contributed by atoms with E-state index in [0.29, 0.717) is 30.9 Å². The summed E-state index contributed by atoms with van der Waals surface area (Å²) < 4.78 is 32.4. The molecular weight excluding hydrogens is 288 g/mol. The Labute approximate surface area is 129 Å². The van der Waals surface area contributed by atoms with E-state index in [0.717, 1.165) is 45.2 Å². The molecule has 2 fully saturated rings. The van der Waals surface area contributed by atoms with Crippen LogP contribution in [0.2, 0.25) is 0 Å². The van der Waals surface area contributed by atoms with Gasteiger partial charge < -0.3 is 9.64 Å². The molecule has 1 saturated carbocycles. The minimum Gasteiger partial charge on any atom is -0.378 e. The minimum absolute atomic E-state index is 0.308. The largest absolute Gasteiger partial charge is 0.378 e. The van der Waals surface area contributed by atoms with E-state index in [1.807, 2.05) is 0 Å². The number of nitrogens with zero attached hydrogens (tertiary/aromatic N) is 1. The molecule has 0 atom stereocenters. The Morgan fingerprint density at radius 3 is 2.48 bits per heavy atom. The average molecular weight is 318 g/mol. The zero-order valence-electron chi connectivity index (χ0n) is 13.2. The Kier molecular flexibility index (Phi) is 6.92. The molecule has 6 heteroatoms. The van der Waals surface area contributed by atoms with E-state index in [1.54, 1.807) is 0 Å². The fourth-order valence-corrected chi connectivity index (χ4v) is 4.77. The van der Waals surface area contributed by atoms with Gasteiger partial charge in [-0.2, -0.15) is 0 Å². The van der Waals surface area contributed by atoms with Gasteiger partial charge in [-0.1, -0.05) is 12.8 Å². The highest BCUT2D eigenvalue weighted by molar-refractivity contribution is 7.89. The van der Waals surface area contributed by atoms with Crippen LogP contribution in [0.5, 0.6) is 0 Å². The highest BCUT2D eigenvalue weighted by Gasteiger charge is 2.22. The van der Waals surface area contributed by atoms with E-state index in [-0.39, 0.29) is 0 Å². The first-order valence-corrected chi connectivity index (χ1v) is 9.98. The predicted molar refractivity (Wildman–Crippen MR) is 84.8 cm³/mol. The van der Waals surface area contributed by atoms with Crippen molar-refractivity contribution >= 4 is 10.0 Å². The van der Waals surface area contributed by atoms with Crippen LogP contribution in [0.1, 0.15) is 44.9 Å². The van der Waals surface area contributed by atoms with E-state index in [2.05, 4.69) is 16.7 Å². The van der Waals surface area contributed by atoms with Gasteiger partial charge in [0.05, 0.1) is 11.9 Å². The lowest BCUT2D eigenvalue weighted by Crippen LogP contribution is -2.35. The quantitative estimate of drug-likeness (QED) is 0.691. The van der Waals surface area contributed by atoms with Gasteiger partial charge in [0, 0.05) is 26.2 Å². The molecule has 124 valence electrons. The van der Waals surface area contributed by atoms with Crippen molar-refractivity contribution in [2.45, 2.75) is 51.0 Å². The molecule has 1 aliphatic heterocycles. The Balaban J connectivity index is 1.52. The number of hydrogen-bond acceptors (Lipinski definition) is 4. The zero-order chi connectivity index (χ0) is 15.1. The number of piperidine rings is 1. The van der Waals surface area contributed by atoms with Gasteiger partial charge in [0.15, 0.2) is 0 Å². The molecule has 0 spiro atoms. The van der Waals surface area contributed by atoms with Gasteiger partial charge >= 0.3 is 0 Å². The number of nitrogens with one attached hydrogen (secondary N) is 1. The minimum atomic E-state index is -3.09.